The summed E-state index contributed by atoms with van der Waals surface area (Å²) < 4.78 is 45.5. The summed E-state index contributed by atoms with van der Waals surface area (Å²) in [6.07, 6.45) is 9.00. The number of esters is 2. The van der Waals surface area contributed by atoms with E-state index < -0.39 is 113 Å². The molecule has 2 fully saturated rings. The molecule has 0 radical (unpaired) electrons. The van der Waals surface area contributed by atoms with Crippen molar-refractivity contribution in [1.29, 1.82) is 0 Å². The lowest BCUT2D eigenvalue weighted by molar-refractivity contribution is -0.338. The zero-order valence-corrected chi connectivity index (χ0v) is 42.3. The van der Waals surface area contributed by atoms with E-state index in [4.69, 9.17) is 28.0 Å². The second kappa shape index (κ2) is 37.4. The van der Waals surface area contributed by atoms with Gasteiger partial charge in [0.05, 0.1) is 13.2 Å². The first-order valence-corrected chi connectivity index (χ1v) is 27.9. The van der Waals surface area contributed by atoms with Gasteiger partial charge in [0.2, 0.25) is 0 Å². The van der Waals surface area contributed by atoms with Crippen LogP contribution in [0.1, 0.15) is 206 Å². The highest BCUT2D eigenvalue weighted by Gasteiger charge is 2.55. The molecule has 1 heterocycles. The molecule has 402 valence electrons. The van der Waals surface area contributed by atoms with Crippen LogP contribution in [0.3, 0.4) is 0 Å². The van der Waals surface area contributed by atoms with E-state index in [2.05, 4.69) is 13.8 Å². The van der Waals surface area contributed by atoms with Crippen molar-refractivity contribution in [3.63, 3.8) is 0 Å². The Labute approximate surface area is 406 Å². The fourth-order valence-corrected chi connectivity index (χ4v) is 9.67. The molecule has 2 rings (SSSR count). The largest absolute Gasteiger partial charge is 0.472 e. The molecule has 2 aliphatic rings. The normalized spacial score (nSPS) is 27.7. The van der Waals surface area contributed by atoms with E-state index in [-0.39, 0.29) is 12.8 Å². The minimum Gasteiger partial charge on any atom is -0.462 e. The Kier molecular flexibility index (Phi) is 34.5. The van der Waals surface area contributed by atoms with Gasteiger partial charge in [-0.3, -0.25) is 18.6 Å². The molecule has 13 unspecified atom stereocenters. The predicted molar refractivity (Wildman–Crippen MR) is 254 cm³/mol. The van der Waals surface area contributed by atoms with Crippen LogP contribution in [0.2, 0.25) is 0 Å². The minimum absolute atomic E-state index is 0.0401. The lowest BCUT2D eigenvalue weighted by Crippen LogP contribution is -2.67. The van der Waals surface area contributed by atoms with Gasteiger partial charge in [0.15, 0.2) is 12.4 Å². The number of phosphoric acid groups is 1. The average molecular weight is 1000 g/mol. The molecular formula is C49H93O18P. The average Bonchev–Trinajstić information content (AvgIpc) is 3.32. The summed E-state index contributed by atoms with van der Waals surface area (Å²) in [5.41, 5.74) is 0. The van der Waals surface area contributed by atoms with Crippen LogP contribution in [0.5, 0.6) is 0 Å². The van der Waals surface area contributed by atoms with Crippen molar-refractivity contribution in [3.8, 4) is 0 Å². The summed E-state index contributed by atoms with van der Waals surface area (Å²) >= 11 is 0. The number of aliphatic hydroxyl groups is 8. The number of phosphoric ester groups is 1. The van der Waals surface area contributed by atoms with Crippen LogP contribution >= 0.6 is 7.82 Å². The van der Waals surface area contributed by atoms with Crippen molar-refractivity contribution < 1.29 is 87.9 Å². The number of hydrogen-bond acceptors (Lipinski definition) is 17. The monoisotopic (exact) mass is 1000 g/mol. The van der Waals surface area contributed by atoms with E-state index in [0.717, 1.165) is 51.4 Å². The predicted octanol–water partition coefficient (Wildman–Crippen LogP) is 6.33. The van der Waals surface area contributed by atoms with Crippen molar-refractivity contribution >= 4 is 19.8 Å². The van der Waals surface area contributed by atoms with E-state index in [0.29, 0.717) is 12.8 Å². The second-order valence-electron chi connectivity index (χ2n) is 19.1. The van der Waals surface area contributed by atoms with E-state index in [1.54, 1.807) is 0 Å². The Bertz CT molecular complexity index is 1330. The number of hydrogen-bond donors (Lipinski definition) is 9. The van der Waals surface area contributed by atoms with Gasteiger partial charge in [-0.1, -0.05) is 181 Å². The highest BCUT2D eigenvalue weighted by Crippen LogP contribution is 2.48. The summed E-state index contributed by atoms with van der Waals surface area (Å²) in [5.74, 6) is -1.20. The molecule has 0 spiro atoms. The maximum Gasteiger partial charge on any atom is 0.472 e. The Hall–Kier alpha value is -1.35. The van der Waals surface area contributed by atoms with Gasteiger partial charge in [-0.05, 0) is 12.8 Å². The molecule has 0 aromatic rings. The van der Waals surface area contributed by atoms with Crippen molar-refractivity contribution in [2.24, 2.45) is 0 Å². The Morgan fingerprint density at radius 2 is 0.882 bits per heavy atom. The third-order valence-corrected chi connectivity index (χ3v) is 14.0. The van der Waals surface area contributed by atoms with Crippen LogP contribution < -0.4 is 0 Å². The highest BCUT2D eigenvalue weighted by molar-refractivity contribution is 7.47. The van der Waals surface area contributed by atoms with Crippen molar-refractivity contribution in [2.75, 3.05) is 19.8 Å². The van der Waals surface area contributed by atoms with Gasteiger partial charge in [-0.15, -0.1) is 0 Å². The minimum atomic E-state index is -5.37. The summed E-state index contributed by atoms with van der Waals surface area (Å²) in [7, 11) is -5.37. The van der Waals surface area contributed by atoms with Gasteiger partial charge >= 0.3 is 19.8 Å². The number of aliphatic hydroxyl groups excluding tert-OH is 8. The van der Waals surface area contributed by atoms with Crippen LogP contribution in [-0.2, 0) is 42.1 Å². The van der Waals surface area contributed by atoms with Crippen molar-refractivity contribution in [3.05, 3.63) is 0 Å². The fraction of sp³-hybridized carbons (Fsp3) is 0.959. The summed E-state index contributed by atoms with van der Waals surface area (Å²) in [5, 5.41) is 82.9. The number of ether oxygens (including phenoxy) is 4. The van der Waals surface area contributed by atoms with Crippen LogP contribution in [0, 0.1) is 0 Å². The zero-order chi connectivity index (χ0) is 50.2. The second-order valence-corrected chi connectivity index (χ2v) is 20.5. The zero-order valence-electron chi connectivity index (χ0n) is 41.4. The maximum atomic E-state index is 13.4. The molecule has 1 saturated heterocycles. The molecule has 9 N–H and O–H groups in total. The van der Waals surface area contributed by atoms with E-state index in [9.17, 15) is 59.9 Å². The molecule has 18 nitrogen and oxygen atoms in total. The molecule has 19 heteroatoms. The maximum absolute atomic E-state index is 13.4. The standard InChI is InChI=1S/C49H93O18P/c1-3-5-7-9-11-13-15-16-17-18-19-20-22-24-26-28-30-32-39(52)64-36(34-62-38(51)31-29-27-25-23-21-14-12-10-8-6-4-2)35-63-68(60,61)67-48-45(58)43(56)42(55)44(57)47(48)66-49-46(59)41(54)40(53)37(33-50)65-49/h36-37,40-50,53-59H,3-35H2,1-2H3,(H,60,61). The molecule has 0 amide bonds. The van der Waals surface area contributed by atoms with Crippen molar-refractivity contribution in [1.82, 2.24) is 0 Å². The molecule has 0 bridgehead atoms. The Balaban J connectivity index is 1.92. The van der Waals surface area contributed by atoms with Gasteiger partial charge in [-0.2, -0.15) is 0 Å². The smallest absolute Gasteiger partial charge is 0.462 e. The molecule has 1 aliphatic carbocycles. The fourth-order valence-electron chi connectivity index (χ4n) is 8.70. The first-order valence-electron chi connectivity index (χ1n) is 26.4. The van der Waals surface area contributed by atoms with Crippen LogP contribution in [0.25, 0.3) is 0 Å². The summed E-state index contributed by atoms with van der Waals surface area (Å²) in [6, 6.07) is 0. The number of unbranched alkanes of at least 4 members (excludes halogenated alkanes) is 26. The van der Waals surface area contributed by atoms with Gasteiger partial charge in [0.25, 0.3) is 0 Å². The molecule has 0 aromatic carbocycles. The van der Waals surface area contributed by atoms with E-state index >= 15 is 0 Å². The molecule has 0 aromatic heterocycles. The topological polar surface area (TPSA) is 289 Å². The summed E-state index contributed by atoms with van der Waals surface area (Å²) in [4.78, 5) is 36.5. The highest BCUT2D eigenvalue weighted by atomic mass is 31.2. The number of carbonyl (C=O) groups excluding carboxylic acids is 2. The van der Waals surface area contributed by atoms with Gasteiger partial charge < -0.3 is 64.7 Å². The van der Waals surface area contributed by atoms with Gasteiger partial charge in [0, 0.05) is 12.8 Å². The number of rotatable bonds is 41. The lowest BCUT2D eigenvalue weighted by atomic mass is 9.84. The van der Waals surface area contributed by atoms with Gasteiger partial charge in [-0.25, -0.2) is 4.57 Å². The van der Waals surface area contributed by atoms with Crippen LogP contribution in [0.4, 0.5) is 0 Å². The van der Waals surface area contributed by atoms with E-state index in [1.165, 1.54) is 116 Å². The quantitative estimate of drug-likeness (QED) is 0.0184. The molecular weight excluding hydrogens is 907 g/mol. The molecule has 68 heavy (non-hydrogen) atoms. The molecule has 1 saturated carbocycles. The lowest BCUT2D eigenvalue weighted by Gasteiger charge is -2.47. The Morgan fingerprint density at radius 3 is 1.31 bits per heavy atom. The number of carbonyl (C=O) groups is 2. The van der Waals surface area contributed by atoms with Gasteiger partial charge in [0.1, 0.15) is 67.6 Å². The van der Waals surface area contributed by atoms with Crippen LogP contribution in [-0.4, -0.2) is 151 Å². The third-order valence-electron chi connectivity index (χ3n) is 13.1. The molecule has 13 atom stereocenters. The first kappa shape index (κ1) is 62.8. The third kappa shape index (κ3) is 25.9. The van der Waals surface area contributed by atoms with E-state index in [1.807, 2.05) is 0 Å². The van der Waals surface area contributed by atoms with Crippen molar-refractivity contribution in [2.45, 2.75) is 280 Å². The van der Waals surface area contributed by atoms with Crippen LogP contribution in [0.15, 0.2) is 0 Å². The molecule has 1 aliphatic heterocycles. The summed E-state index contributed by atoms with van der Waals surface area (Å²) in [6.45, 7) is 2.24. The first-order chi connectivity index (χ1) is 32.7. The Morgan fingerprint density at radius 1 is 0.500 bits per heavy atom. The SMILES string of the molecule is CCCCCCCCCCCCCCCCCCCC(=O)OC(COC(=O)CCCCCCCCCCCCC)COP(=O)(O)OC1C(O)C(O)C(O)C(O)C1OC1OC(CO)C(O)C(O)C1O.